The maximum absolute atomic E-state index is 5.86. The number of rotatable bonds is 1. The number of fused-ring (bicyclic) bond motifs is 1. The molecule has 0 bridgehead atoms. The maximum atomic E-state index is 5.86. The molecule has 0 spiro atoms. The van der Waals surface area contributed by atoms with Crippen LogP contribution in [0.5, 0.6) is 0 Å². The standard InChI is InChI=1S/C12H15N5/c1-8-14-11(13)9-4-5-10(16-12(9)15-8)17-6-2-3-7-17/h4-5H,2-3,6-7H2,1H3,(H2,13,14,15,16). The van der Waals surface area contributed by atoms with Crippen LogP contribution in [0, 0.1) is 6.92 Å². The van der Waals surface area contributed by atoms with Crippen molar-refractivity contribution in [2.24, 2.45) is 0 Å². The van der Waals surface area contributed by atoms with Crippen molar-refractivity contribution >= 4 is 22.7 Å². The van der Waals surface area contributed by atoms with Crippen molar-refractivity contribution in [3.8, 4) is 0 Å². The second-order valence-electron chi connectivity index (χ2n) is 4.39. The zero-order valence-electron chi connectivity index (χ0n) is 9.85. The highest BCUT2D eigenvalue weighted by atomic mass is 15.2. The van der Waals surface area contributed by atoms with Crippen molar-refractivity contribution in [1.29, 1.82) is 0 Å². The molecule has 88 valence electrons. The molecular formula is C12H15N5. The molecule has 2 aromatic rings. The highest BCUT2D eigenvalue weighted by Gasteiger charge is 2.14. The van der Waals surface area contributed by atoms with Gasteiger partial charge in [0.15, 0.2) is 5.65 Å². The van der Waals surface area contributed by atoms with E-state index in [1.54, 1.807) is 0 Å². The van der Waals surface area contributed by atoms with Gasteiger partial charge in [-0.1, -0.05) is 0 Å². The Morgan fingerprint density at radius 3 is 2.65 bits per heavy atom. The van der Waals surface area contributed by atoms with Gasteiger partial charge in [0.25, 0.3) is 0 Å². The number of anilines is 2. The number of nitrogens with two attached hydrogens (primary N) is 1. The molecule has 2 aromatic heterocycles. The van der Waals surface area contributed by atoms with Gasteiger partial charge in [-0.3, -0.25) is 0 Å². The summed E-state index contributed by atoms with van der Waals surface area (Å²) in [5, 5.41) is 0.832. The Labute approximate surface area is 99.7 Å². The summed E-state index contributed by atoms with van der Waals surface area (Å²) in [4.78, 5) is 15.3. The van der Waals surface area contributed by atoms with Gasteiger partial charge >= 0.3 is 0 Å². The molecule has 1 fully saturated rings. The minimum atomic E-state index is 0.507. The smallest absolute Gasteiger partial charge is 0.167 e. The molecule has 0 saturated carbocycles. The molecule has 1 saturated heterocycles. The zero-order chi connectivity index (χ0) is 11.8. The lowest BCUT2D eigenvalue weighted by Crippen LogP contribution is -2.19. The number of aromatic nitrogens is 3. The van der Waals surface area contributed by atoms with Crippen LogP contribution in [0.4, 0.5) is 11.6 Å². The van der Waals surface area contributed by atoms with Crippen molar-refractivity contribution in [1.82, 2.24) is 15.0 Å². The van der Waals surface area contributed by atoms with E-state index in [9.17, 15) is 0 Å². The van der Waals surface area contributed by atoms with Gasteiger partial charge in [0.1, 0.15) is 17.5 Å². The molecule has 0 atom stereocenters. The molecule has 5 nitrogen and oxygen atoms in total. The molecule has 0 radical (unpaired) electrons. The lowest BCUT2D eigenvalue weighted by atomic mass is 10.3. The van der Waals surface area contributed by atoms with E-state index in [4.69, 9.17) is 5.73 Å². The van der Waals surface area contributed by atoms with E-state index in [1.807, 2.05) is 19.1 Å². The van der Waals surface area contributed by atoms with Gasteiger partial charge in [0.2, 0.25) is 0 Å². The van der Waals surface area contributed by atoms with Crippen molar-refractivity contribution in [3.63, 3.8) is 0 Å². The second-order valence-corrected chi connectivity index (χ2v) is 4.39. The minimum absolute atomic E-state index is 0.507. The normalized spacial score (nSPS) is 15.7. The summed E-state index contributed by atoms with van der Waals surface area (Å²) in [5.41, 5.74) is 6.55. The van der Waals surface area contributed by atoms with Crippen LogP contribution in [0.15, 0.2) is 12.1 Å². The molecule has 1 aliphatic rings. The van der Waals surface area contributed by atoms with Gasteiger partial charge in [-0.2, -0.15) is 0 Å². The molecule has 1 aliphatic heterocycles. The Morgan fingerprint density at radius 1 is 1.12 bits per heavy atom. The number of nitrogen functional groups attached to an aromatic ring is 1. The fourth-order valence-corrected chi connectivity index (χ4v) is 2.26. The summed E-state index contributed by atoms with van der Waals surface area (Å²) in [6.07, 6.45) is 2.48. The van der Waals surface area contributed by atoms with E-state index in [-0.39, 0.29) is 0 Å². The monoisotopic (exact) mass is 229 g/mol. The number of pyridine rings is 1. The maximum Gasteiger partial charge on any atom is 0.167 e. The van der Waals surface area contributed by atoms with Crippen LogP contribution in [0.2, 0.25) is 0 Å². The number of hydrogen-bond donors (Lipinski definition) is 1. The molecule has 3 heterocycles. The third-order valence-electron chi connectivity index (χ3n) is 3.12. The highest BCUT2D eigenvalue weighted by Crippen LogP contribution is 2.22. The van der Waals surface area contributed by atoms with E-state index >= 15 is 0 Å². The lowest BCUT2D eigenvalue weighted by Gasteiger charge is -2.16. The Balaban J connectivity index is 2.11. The predicted octanol–water partition coefficient (Wildman–Crippen LogP) is 1.52. The highest BCUT2D eigenvalue weighted by molar-refractivity contribution is 5.86. The van der Waals surface area contributed by atoms with Gasteiger partial charge in [-0.25, -0.2) is 15.0 Å². The molecular weight excluding hydrogens is 214 g/mol. The summed E-state index contributed by atoms with van der Waals surface area (Å²) in [5.74, 6) is 2.17. The summed E-state index contributed by atoms with van der Waals surface area (Å²) in [7, 11) is 0. The summed E-state index contributed by atoms with van der Waals surface area (Å²) >= 11 is 0. The van der Waals surface area contributed by atoms with Gasteiger partial charge in [0, 0.05) is 13.1 Å². The zero-order valence-corrected chi connectivity index (χ0v) is 9.85. The third-order valence-corrected chi connectivity index (χ3v) is 3.12. The predicted molar refractivity (Wildman–Crippen MR) is 67.9 cm³/mol. The average Bonchev–Trinajstić information content (AvgIpc) is 2.81. The van der Waals surface area contributed by atoms with Crippen LogP contribution in [-0.4, -0.2) is 28.0 Å². The van der Waals surface area contributed by atoms with E-state index in [1.165, 1.54) is 12.8 Å². The summed E-state index contributed by atoms with van der Waals surface area (Å²) in [6, 6.07) is 3.97. The Kier molecular flexibility index (Phi) is 2.31. The lowest BCUT2D eigenvalue weighted by molar-refractivity contribution is 0.939. The molecule has 0 unspecified atom stereocenters. The van der Waals surface area contributed by atoms with Gasteiger partial charge in [-0.05, 0) is 31.9 Å². The molecule has 2 N–H and O–H groups in total. The fourth-order valence-electron chi connectivity index (χ4n) is 2.26. The van der Waals surface area contributed by atoms with Crippen molar-refractivity contribution in [2.45, 2.75) is 19.8 Å². The van der Waals surface area contributed by atoms with E-state index in [0.29, 0.717) is 17.3 Å². The van der Waals surface area contributed by atoms with Crippen LogP contribution in [-0.2, 0) is 0 Å². The number of aryl methyl sites for hydroxylation is 1. The van der Waals surface area contributed by atoms with Crippen molar-refractivity contribution in [3.05, 3.63) is 18.0 Å². The molecule has 0 amide bonds. The van der Waals surface area contributed by atoms with Crippen LogP contribution < -0.4 is 10.6 Å². The van der Waals surface area contributed by atoms with Crippen LogP contribution in [0.1, 0.15) is 18.7 Å². The van der Waals surface area contributed by atoms with Gasteiger partial charge in [-0.15, -0.1) is 0 Å². The molecule has 3 rings (SSSR count). The quantitative estimate of drug-likeness (QED) is 0.803. The van der Waals surface area contributed by atoms with Crippen LogP contribution in [0.3, 0.4) is 0 Å². The van der Waals surface area contributed by atoms with Gasteiger partial charge in [0.05, 0.1) is 5.39 Å². The van der Waals surface area contributed by atoms with E-state index in [0.717, 1.165) is 24.3 Å². The summed E-state index contributed by atoms with van der Waals surface area (Å²) < 4.78 is 0. The molecule has 17 heavy (non-hydrogen) atoms. The molecule has 0 aromatic carbocycles. The SMILES string of the molecule is Cc1nc(N)c2ccc(N3CCCC3)nc2n1. The second kappa shape index (κ2) is 3.84. The third kappa shape index (κ3) is 1.77. The van der Waals surface area contributed by atoms with E-state index in [2.05, 4.69) is 19.9 Å². The Bertz CT molecular complexity index is 560. The first-order valence-electron chi connectivity index (χ1n) is 5.90. The van der Waals surface area contributed by atoms with Crippen LogP contribution >= 0.6 is 0 Å². The van der Waals surface area contributed by atoms with E-state index < -0.39 is 0 Å². The molecule has 5 heteroatoms. The number of nitrogens with zero attached hydrogens (tertiary/aromatic N) is 4. The fraction of sp³-hybridized carbons (Fsp3) is 0.417. The first-order chi connectivity index (χ1) is 8.24. The average molecular weight is 229 g/mol. The van der Waals surface area contributed by atoms with Crippen LogP contribution in [0.25, 0.3) is 11.0 Å². The minimum Gasteiger partial charge on any atom is -0.383 e. The molecule has 0 aliphatic carbocycles. The number of hydrogen-bond acceptors (Lipinski definition) is 5. The summed E-state index contributed by atoms with van der Waals surface area (Å²) in [6.45, 7) is 4.00. The van der Waals surface area contributed by atoms with Crippen molar-refractivity contribution in [2.75, 3.05) is 23.7 Å². The Hall–Kier alpha value is -1.91. The Morgan fingerprint density at radius 2 is 1.88 bits per heavy atom. The van der Waals surface area contributed by atoms with Gasteiger partial charge < -0.3 is 10.6 Å². The van der Waals surface area contributed by atoms with Crippen molar-refractivity contribution < 1.29 is 0 Å². The first kappa shape index (κ1) is 10.3. The topological polar surface area (TPSA) is 67.9 Å². The largest absolute Gasteiger partial charge is 0.383 e. The first-order valence-corrected chi connectivity index (χ1v) is 5.90.